The molecular weight excluding hydrogens is 240 g/mol. The number of ether oxygens (including phenoxy) is 1. The van der Waals surface area contributed by atoms with E-state index in [0.29, 0.717) is 5.82 Å². The molecule has 0 amide bonds. The molecule has 3 rings (SSSR count). The number of nitrogens with one attached hydrogen (secondary N) is 1. The number of aryl methyl sites for hydroxylation is 1. The number of H-pyrrole nitrogens is 1. The fourth-order valence-corrected chi connectivity index (χ4v) is 2.39. The molecule has 1 aromatic heterocycles. The Kier molecular flexibility index (Phi) is 3.03. The SMILES string of the molecule is CN(Cc1cc(N)n[nH]1)c1ccc2c(c1)CCCO2. The van der Waals surface area contributed by atoms with Crippen molar-refractivity contribution in [2.75, 3.05) is 24.3 Å². The number of aromatic nitrogens is 2. The highest BCUT2D eigenvalue weighted by molar-refractivity contribution is 5.53. The summed E-state index contributed by atoms with van der Waals surface area (Å²) in [5.74, 6) is 1.55. The summed E-state index contributed by atoms with van der Waals surface area (Å²) in [6.45, 7) is 1.58. The molecule has 0 spiro atoms. The maximum atomic E-state index is 5.63. The van der Waals surface area contributed by atoms with Crippen molar-refractivity contribution in [3.8, 4) is 5.75 Å². The van der Waals surface area contributed by atoms with Gasteiger partial charge in [0.25, 0.3) is 0 Å². The van der Waals surface area contributed by atoms with Gasteiger partial charge in [-0.1, -0.05) is 0 Å². The summed E-state index contributed by atoms with van der Waals surface area (Å²) >= 11 is 0. The molecule has 0 unspecified atom stereocenters. The molecular formula is C14H18N4O. The van der Waals surface area contributed by atoms with E-state index in [2.05, 4.69) is 40.3 Å². The maximum absolute atomic E-state index is 5.63. The van der Waals surface area contributed by atoms with Crippen molar-refractivity contribution in [3.63, 3.8) is 0 Å². The molecule has 5 nitrogen and oxygen atoms in total. The molecule has 0 aliphatic carbocycles. The number of aromatic amines is 1. The van der Waals surface area contributed by atoms with Gasteiger partial charge in [-0.15, -0.1) is 0 Å². The summed E-state index contributed by atoms with van der Waals surface area (Å²) in [6, 6.07) is 8.21. The molecule has 2 aromatic rings. The van der Waals surface area contributed by atoms with Gasteiger partial charge in [0, 0.05) is 18.8 Å². The molecule has 5 heteroatoms. The van der Waals surface area contributed by atoms with Crippen molar-refractivity contribution < 1.29 is 4.74 Å². The quantitative estimate of drug-likeness (QED) is 0.883. The topological polar surface area (TPSA) is 67.2 Å². The third-order valence-corrected chi connectivity index (χ3v) is 3.39. The van der Waals surface area contributed by atoms with Gasteiger partial charge in [-0.3, -0.25) is 5.10 Å². The van der Waals surface area contributed by atoms with Gasteiger partial charge in [0.05, 0.1) is 18.8 Å². The van der Waals surface area contributed by atoms with Crippen molar-refractivity contribution in [2.24, 2.45) is 0 Å². The number of benzene rings is 1. The average molecular weight is 258 g/mol. The van der Waals surface area contributed by atoms with E-state index < -0.39 is 0 Å². The van der Waals surface area contributed by atoms with Crippen LogP contribution in [0.4, 0.5) is 11.5 Å². The standard InChI is InChI=1S/C14H18N4O/c1-18(9-11-8-14(15)17-16-11)12-4-5-13-10(7-12)3-2-6-19-13/h4-5,7-8H,2-3,6,9H2,1H3,(H3,15,16,17). The predicted molar refractivity (Wildman–Crippen MR) is 75.4 cm³/mol. The van der Waals surface area contributed by atoms with Crippen molar-refractivity contribution in [1.29, 1.82) is 0 Å². The smallest absolute Gasteiger partial charge is 0.145 e. The Bertz CT molecular complexity index is 579. The molecule has 1 aliphatic rings. The number of nitrogens with zero attached hydrogens (tertiary/aromatic N) is 2. The van der Waals surface area contributed by atoms with Gasteiger partial charge < -0.3 is 15.4 Å². The summed E-state index contributed by atoms with van der Waals surface area (Å²) in [4.78, 5) is 2.17. The second-order valence-electron chi connectivity index (χ2n) is 4.92. The highest BCUT2D eigenvalue weighted by atomic mass is 16.5. The van der Waals surface area contributed by atoms with E-state index in [1.54, 1.807) is 0 Å². The summed E-state index contributed by atoms with van der Waals surface area (Å²) in [7, 11) is 2.06. The van der Waals surface area contributed by atoms with Gasteiger partial charge in [-0.25, -0.2) is 0 Å². The molecule has 19 heavy (non-hydrogen) atoms. The van der Waals surface area contributed by atoms with Gasteiger partial charge in [0.15, 0.2) is 0 Å². The Morgan fingerprint density at radius 1 is 1.42 bits per heavy atom. The van der Waals surface area contributed by atoms with E-state index in [9.17, 15) is 0 Å². The van der Waals surface area contributed by atoms with Crippen molar-refractivity contribution in [2.45, 2.75) is 19.4 Å². The van der Waals surface area contributed by atoms with Gasteiger partial charge in [0.1, 0.15) is 11.6 Å². The summed E-state index contributed by atoms with van der Waals surface area (Å²) < 4.78 is 5.63. The zero-order valence-electron chi connectivity index (χ0n) is 11.0. The Morgan fingerprint density at radius 3 is 3.11 bits per heavy atom. The molecule has 2 heterocycles. The van der Waals surface area contributed by atoms with E-state index in [4.69, 9.17) is 10.5 Å². The fraction of sp³-hybridized carbons (Fsp3) is 0.357. The van der Waals surface area contributed by atoms with Crippen LogP contribution in [0.25, 0.3) is 0 Å². The van der Waals surface area contributed by atoms with Crippen LogP contribution in [0.15, 0.2) is 24.3 Å². The van der Waals surface area contributed by atoms with Gasteiger partial charge >= 0.3 is 0 Å². The third-order valence-electron chi connectivity index (χ3n) is 3.39. The minimum Gasteiger partial charge on any atom is -0.493 e. The van der Waals surface area contributed by atoms with E-state index in [0.717, 1.165) is 37.4 Å². The minimum atomic E-state index is 0.530. The van der Waals surface area contributed by atoms with Crippen molar-refractivity contribution in [1.82, 2.24) is 10.2 Å². The molecule has 0 saturated carbocycles. The molecule has 0 saturated heterocycles. The average Bonchev–Trinajstić information content (AvgIpc) is 2.83. The second kappa shape index (κ2) is 4.84. The van der Waals surface area contributed by atoms with Crippen LogP contribution in [0.2, 0.25) is 0 Å². The monoisotopic (exact) mass is 258 g/mol. The lowest BCUT2D eigenvalue weighted by molar-refractivity contribution is 0.288. The molecule has 0 atom stereocenters. The maximum Gasteiger partial charge on any atom is 0.145 e. The predicted octanol–water partition coefficient (Wildman–Crippen LogP) is 1.95. The Labute approximate surface area is 112 Å². The first-order valence-corrected chi connectivity index (χ1v) is 6.49. The number of nitrogen functional groups attached to an aromatic ring is 1. The molecule has 0 fully saturated rings. The highest BCUT2D eigenvalue weighted by Gasteiger charge is 2.12. The number of hydrogen-bond donors (Lipinski definition) is 2. The molecule has 3 N–H and O–H groups in total. The zero-order valence-corrected chi connectivity index (χ0v) is 11.0. The first-order chi connectivity index (χ1) is 9.22. The van der Waals surface area contributed by atoms with Crippen LogP contribution < -0.4 is 15.4 Å². The third kappa shape index (κ3) is 2.50. The molecule has 0 bridgehead atoms. The highest BCUT2D eigenvalue weighted by Crippen LogP contribution is 2.29. The van der Waals surface area contributed by atoms with Crippen molar-refractivity contribution >= 4 is 11.5 Å². The molecule has 100 valence electrons. The lowest BCUT2D eigenvalue weighted by atomic mass is 10.1. The van der Waals surface area contributed by atoms with Gasteiger partial charge in [-0.2, -0.15) is 5.10 Å². The summed E-state index contributed by atoms with van der Waals surface area (Å²) in [6.07, 6.45) is 2.19. The van der Waals surface area contributed by atoms with Crippen LogP contribution in [0.3, 0.4) is 0 Å². The second-order valence-corrected chi connectivity index (χ2v) is 4.92. The normalized spacial score (nSPS) is 13.7. The Morgan fingerprint density at radius 2 is 2.32 bits per heavy atom. The van der Waals surface area contributed by atoms with Gasteiger partial charge in [0.2, 0.25) is 0 Å². The lowest BCUT2D eigenvalue weighted by Gasteiger charge is -2.22. The van der Waals surface area contributed by atoms with E-state index in [1.165, 1.54) is 11.3 Å². The van der Waals surface area contributed by atoms with Crippen molar-refractivity contribution in [3.05, 3.63) is 35.5 Å². The first-order valence-electron chi connectivity index (χ1n) is 6.49. The van der Waals surface area contributed by atoms with E-state index >= 15 is 0 Å². The summed E-state index contributed by atoms with van der Waals surface area (Å²) in [5, 5.41) is 6.87. The molecule has 1 aliphatic heterocycles. The van der Waals surface area contributed by atoms with Crippen LogP contribution in [-0.2, 0) is 13.0 Å². The van der Waals surface area contributed by atoms with Crippen LogP contribution in [0.5, 0.6) is 5.75 Å². The number of anilines is 2. The van der Waals surface area contributed by atoms with Crippen LogP contribution in [-0.4, -0.2) is 23.9 Å². The number of fused-ring (bicyclic) bond motifs is 1. The molecule has 1 aromatic carbocycles. The fourth-order valence-electron chi connectivity index (χ4n) is 2.39. The first kappa shape index (κ1) is 11.9. The Balaban J connectivity index is 1.77. The number of hydrogen-bond acceptors (Lipinski definition) is 4. The number of nitrogens with two attached hydrogens (primary N) is 1. The molecule has 0 radical (unpaired) electrons. The van der Waals surface area contributed by atoms with Gasteiger partial charge in [-0.05, 0) is 36.6 Å². The zero-order chi connectivity index (χ0) is 13.2. The number of rotatable bonds is 3. The van der Waals surface area contributed by atoms with Crippen LogP contribution in [0, 0.1) is 0 Å². The van der Waals surface area contributed by atoms with Crippen LogP contribution in [0.1, 0.15) is 17.7 Å². The van der Waals surface area contributed by atoms with Crippen LogP contribution >= 0.6 is 0 Å². The lowest BCUT2D eigenvalue weighted by Crippen LogP contribution is -2.17. The minimum absolute atomic E-state index is 0.530. The summed E-state index contributed by atoms with van der Waals surface area (Å²) in [5.41, 5.74) is 9.08. The largest absolute Gasteiger partial charge is 0.493 e. The van der Waals surface area contributed by atoms with E-state index in [1.807, 2.05) is 6.07 Å². The van der Waals surface area contributed by atoms with E-state index in [-0.39, 0.29) is 0 Å². The Hall–Kier alpha value is -2.17.